The molecule has 0 bridgehead atoms. The second-order valence-electron chi connectivity index (χ2n) is 8.30. The molecule has 0 aromatic rings. The fraction of sp³-hybridized carbons (Fsp3) is 0.762. The van der Waals surface area contributed by atoms with E-state index >= 15 is 0 Å². The van der Waals surface area contributed by atoms with Crippen LogP contribution in [0.4, 0.5) is 0 Å². The molecule has 0 fully saturated rings. The van der Waals surface area contributed by atoms with Gasteiger partial charge in [-0.3, -0.25) is 14.4 Å². The quantitative estimate of drug-likeness (QED) is 0.330. The highest BCUT2D eigenvalue weighted by Gasteiger charge is 2.30. The molecule has 2 amide bonds. The van der Waals surface area contributed by atoms with Gasteiger partial charge in [0.05, 0.1) is 31.8 Å². The Morgan fingerprint density at radius 3 is 2.76 bits per heavy atom. The Hall–Kier alpha value is -1.93. The smallest absolute Gasteiger partial charge is 0.305 e. The lowest BCUT2D eigenvalue weighted by molar-refractivity contribution is -0.146. The molecule has 0 unspecified atom stereocenters. The highest BCUT2D eigenvalue weighted by Crippen LogP contribution is 2.22. The van der Waals surface area contributed by atoms with E-state index in [4.69, 9.17) is 14.6 Å². The van der Waals surface area contributed by atoms with E-state index in [9.17, 15) is 14.4 Å². The molecule has 0 radical (unpaired) electrons. The molecule has 8 nitrogen and oxygen atoms in total. The van der Waals surface area contributed by atoms with Crippen LogP contribution in [0, 0.1) is 11.3 Å². The standard InChI is InChI=1S/C21H36N2O6/c1-21(2,3)17-15-29-19(26)9-7-5-4-6-8-16(20(27)23-17)14-18(25)22-10-12-28-13-11-24/h4,6,16-17,24H,5,7-15H2,1-3H3,(H,22,25)(H,23,27)/t16-,17-/m1/s1. The van der Waals surface area contributed by atoms with E-state index in [1.54, 1.807) is 0 Å². The third kappa shape index (κ3) is 11.0. The van der Waals surface area contributed by atoms with Gasteiger partial charge in [-0.1, -0.05) is 32.9 Å². The van der Waals surface area contributed by atoms with E-state index in [2.05, 4.69) is 10.6 Å². The molecule has 29 heavy (non-hydrogen) atoms. The Kier molecular flexibility index (Phi) is 11.5. The molecule has 166 valence electrons. The zero-order valence-electron chi connectivity index (χ0n) is 17.9. The minimum Gasteiger partial charge on any atom is -0.463 e. The molecule has 2 atom stereocenters. The molecule has 1 rings (SSSR count). The van der Waals surface area contributed by atoms with Gasteiger partial charge >= 0.3 is 5.97 Å². The van der Waals surface area contributed by atoms with Crippen LogP contribution in [-0.4, -0.2) is 61.9 Å². The van der Waals surface area contributed by atoms with Gasteiger partial charge in [-0.05, 0) is 24.7 Å². The van der Waals surface area contributed by atoms with Crippen LogP contribution in [0.15, 0.2) is 12.2 Å². The van der Waals surface area contributed by atoms with Gasteiger partial charge in [0.15, 0.2) is 0 Å². The van der Waals surface area contributed by atoms with Crippen molar-refractivity contribution in [1.29, 1.82) is 0 Å². The summed E-state index contributed by atoms with van der Waals surface area (Å²) in [5.41, 5.74) is -0.303. The average Bonchev–Trinajstić information content (AvgIpc) is 2.66. The number of esters is 1. The first-order valence-electron chi connectivity index (χ1n) is 10.3. The van der Waals surface area contributed by atoms with Gasteiger partial charge in [0, 0.05) is 19.4 Å². The lowest BCUT2D eigenvalue weighted by atomic mass is 9.86. The molecular weight excluding hydrogens is 376 g/mol. The number of carbonyl (C=O) groups excluding carboxylic acids is 3. The molecule has 0 saturated carbocycles. The van der Waals surface area contributed by atoms with Crippen molar-refractivity contribution < 1.29 is 29.0 Å². The third-order valence-electron chi connectivity index (χ3n) is 4.72. The minimum absolute atomic E-state index is 0.0623. The first-order valence-corrected chi connectivity index (χ1v) is 10.3. The Bertz CT molecular complexity index is 556. The van der Waals surface area contributed by atoms with Crippen LogP contribution in [0.1, 0.15) is 52.9 Å². The van der Waals surface area contributed by atoms with Crippen molar-refractivity contribution in [1.82, 2.24) is 10.6 Å². The lowest BCUT2D eigenvalue weighted by Crippen LogP contribution is -2.49. The molecule has 0 saturated heterocycles. The number of carbonyl (C=O) groups is 3. The van der Waals surface area contributed by atoms with Crippen LogP contribution < -0.4 is 10.6 Å². The van der Waals surface area contributed by atoms with E-state index in [0.717, 1.165) is 6.42 Å². The number of cyclic esters (lactones) is 1. The number of allylic oxidation sites excluding steroid dienone is 2. The highest BCUT2D eigenvalue weighted by molar-refractivity contribution is 5.86. The Morgan fingerprint density at radius 1 is 1.31 bits per heavy atom. The Balaban J connectivity index is 2.75. The number of aliphatic hydroxyl groups excluding tert-OH is 1. The highest BCUT2D eigenvalue weighted by atomic mass is 16.5. The van der Waals surface area contributed by atoms with E-state index in [-0.39, 0.29) is 55.5 Å². The number of hydrogen-bond donors (Lipinski definition) is 3. The Morgan fingerprint density at radius 2 is 2.07 bits per heavy atom. The first kappa shape index (κ1) is 25.1. The van der Waals surface area contributed by atoms with Gasteiger partial charge in [0.2, 0.25) is 11.8 Å². The maximum Gasteiger partial charge on any atom is 0.305 e. The fourth-order valence-corrected chi connectivity index (χ4v) is 2.80. The van der Waals surface area contributed by atoms with E-state index in [0.29, 0.717) is 32.4 Å². The number of hydrogen-bond acceptors (Lipinski definition) is 6. The van der Waals surface area contributed by atoms with Crippen molar-refractivity contribution in [3.8, 4) is 0 Å². The predicted molar refractivity (Wildman–Crippen MR) is 109 cm³/mol. The van der Waals surface area contributed by atoms with Gasteiger partial charge in [-0.2, -0.15) is 0 Å². The summed E-state index contributed by atoms with van der Waals surface area (Å²) in [5.74, 6) is -1.22. The summed E-state index contributed by atoms with van der Waals surface area (Å²) in [6.07, 6.45) is 6.11. The Labute approximate surface area is 173 Å². The van der Waals surface area contributed by atoms with Gasteiger partial charge < -0.3 is 25.2 Å². The summed E-state index contributed by atoms with van der Waals surface area (Å²) in [7, 11) is 0. The van der Waals surface area contributed by atoms with E-state index in [1.807, 2.05) is 32.9 Å². The van der Waals surface area contributed by atoms with Crippen molar-refractivity contribution in [3.05, 3.63) is 12.2 Å². The number of nitrogens with one attached hydrogen (secondary N) is 2. The van der Waals surface area contributed by atoms with Crippen molar-refractivity contribution >= 4 is 17.8 Å². The largest absolute Gasteiger partial charge is 0.463 e. The van der Waals surface area contributed by atoms with Gasteiger partial charge in [-0.25, -0.2) is 0 Å². The summed E-state index contributed by atoms with van der Waals surface area (Å²) in [6, 6.07) is -0.346. The fourth-order valence-electron chi connectivity index (χ4n) is 2.80. The summed E-state index contributed by atoms with van der Waals surface area (Å²) >= 11 is 0. The molecule has 1 heterocycles. The zero-order valence-corrected chi connectivity index (χ0v) is 17.9. The van der Waals surface area contributed by atoms with Crippen molar-refractivity contribution in [3.63, 3.8) is 0 Å². The van der Waals surface area contributed by atoms with Crippen LogP contribution in [0.2, 0.25) is 0 Å². The van der Waals surface area contributed by atoms with Gasteiger partial charge in [0.1, 0.15) is 6.61 Å². The number of rotatable bonds is 7. The maximum atomic E-state index is 12.9. The number of aliphatic hydroxyl groups is 1. The zero-order chi connectivity index (χ0) is 21.7. The summed E-state index contributed by atoms with van der Waals surface area (Å²) in [5, 5.41) is 14.4. The SMILES string of the molecule is CC(C)(C)[C@H]1COC(=O)CCCC=CC[C@H](CC(=O)NCCOCCO)C(=O)N1. The molecule has 0 aromatic carbocycles. The maximum absolute atomic E-state index is 12.9. The van der Waals surface area contributed by atoms with Gasteiger partial charge in [0.25, 0.3) is 0 Å². The second kappa shape index (κ2) is 13.3. The van der Waals surface area contributed by atoms with Crippen LogP contribution >= 0.6 is 0 Å². The monoisotopic (exact) mass is 412 g/mol. The normalized spacial score (nSPS) is 21.9. The molecule has 8 heteroatoms. The predicted octanol–water partition coefficient (Wildman–Crippen LogP) is 1.32. The van der Waals surface area contributed by atoms with Crippen molar-refractivity contribution in [2.45, 2.75) is 58.9 Å². The van der Waals surface area contributed by atoms with Crippen LogP contribution in [0.5, 0.6) is 0 Å². The van der Waals surface area contributed by atoms with E-state index < -0.39 is 5.92 Å². The molecular formula is C21H36N2O6. The van der Waals surface area contributed by atoms with E-state index in [1.165, 1.54) is 0 Å². The van der Waals surface area contributed by atoms with Crippen LogP contribution in [0.3, 0.4) is 0 Å². The molecule has 0 aliphatic carbocycles. The van der Waals surface area contributed by atoms with Crippen LogP contribution in [-0.2, 0) is 23.9 Å². The molecule has 0 aromatic heterocycles. The molecule has 1 aliphatic heterocycles. The van der Waals surface area contributed by atoms with Crippen molar-refractivity contribution in [2.24, 2.45) is 11.3 Å². The number of amides is 2. The lowest BCUT2D eigenvalue weighted by Gasteiger charge is -2.32. The third-order valence-corrected chi connectivity index (χ3v) is 4.72. The summed E-state index contributed by atoms with van der Waals surface area (Å²) in [4.78, 5) is 37.0. The van der Waals surface area contributed by atoms with Crippen molar-refractivity contribution in [2.75, 3.05) is 33.0 Å². The minimum atomic E-state index is -0.508. The summed E-state index contributed by atoms with van der Waals surface area (Å²) < 4.78 is 10.5. The second-order valence-corrected chi connectivity index (χ2v) is 8.30. The first-order chi connectivity index (χ1) is 13.7. The summed E-state index contributed by atoms with van der Waals surface area (Å²) in [6.45, 7) is 6.82. The molecule has 1 aliphatic rings. The number of ether oxygens (including phenoxy) is 2. The van der Waals surface area contributed by atoms with Crippen LogP contribution in [0.25, 0.3) is 0 Å². The van der Waals surface area contributed by atoms with Gasteiger partial charge in [-0.15, -0.1) is 0 Å². The molecule has 0 spiro atoms. The topological polar surface area (TPSA) is 114 Å². The molecule has 3 N–H and O–H groups in total. The average molecular weight is 413 g/mol.